The van der Waals surface area contributed by atoms with Gasteiger partial charge >= 0.3 is 11.9 Å². The summed E-state index contributed by atoms with van der Waals surface area (Å²) in [6.45, 7) is 4.32. The minimum Gasteiger partial charge on any atom is -0.496 e. The highest BCUT2D eigenvalue weighted by molar-refractivity contribution is 6.27. The molecule has 0 aromatic heterocycles. The van der Waals surface area contributed by atoms with E-state index in [0.717, 1.165) is 45.6 Å². The van der Waals surface area contributed by atoms with Crippen LogP contribution in [0.4, 0.5) is 0 Å². The van der Waals surface area contributed by atoms with Crippen molar-refractivity contribution in [3.63, 3.8) is 0 Å². The summed E-state index contributed by atoms with van der Waals surface area (Å²) in [5, 5.41) is 14.8. The molecular formula is C24H30N2O7. The Morgan fingerprint density at radius 2 is 1.36 bits per heavy atom. The Morgan fingerprint density at radius 1 is 0.818 bits per heavy atom. The molecule has 0 atom stereocenters. The zero-order valence-electron chi connectivity index (χ0n) is 18.9. The predicted molar refractivity (Wildman–Crippen MR) is 122 cm³/mol. The quantitative estimate of drug-likeness (QED) is 0.607. The number of piperazine rings is 1. The van der Waals surface area contributed by atoms with Crippen LogP contribution < -0.4 is 9.47 Å². The Hall–Kier alpha value is -3.59. The van der Waals surface area contributed by atoms with Gasteiger partial charge in [-0.25, -0.2) is 9.59 Å². The molecule has 2 aromatic carbocycles. The molecule has 3 rings (SSSR count). The Bertz CT molecular complexity index is 891. The van der Waals surface area contributed by atoms with E-state index in [1.807, 2.05) is 11.0 Å². The molecule has 1 amide bonds. The summed E-state index contributed by atoms with van der Waals surface area (Å²) in [6.07, 6.45) is 2.23. The molecule has 0 saturated carbocycles. The van der Waals surface area contributed by atoms with Crippen molar-refractivity contribution in [2.75, 3.05) is 46.9 Å². The second kappa shape index (κ2) is 13.1. The van der Waals surface area contributed by atoms with Crippen LogP contribution in [0, 0.1) is 0 Å². The SMILES string of the molecule is COc1cccc(OC)c1C(=O)N1CCN(CCCc2ccccc2)CC1.O=C(O)C(=O)O. The smallest absolute Gasteiger partial charge is 0.414 e. The molecule has 0 radical (unpaired) electrons. The first-order valence-electron chi connectivity index (χ1n) is 10.6. The van der Waals surface area contributed by atoms with Crippen LogP contribution in [0.2, 0.25) is 0 Å². The van der Waals surface area contributed by atoms with Crippen molar-refractivity contribution >= 4 is 17.8 Å². The third kappa shape index (κ3) is 7.80. The number of rotatable bonds is 7. The van der Waals surface area contributed by atoms with Gasteiger partial charge in [-0.05, 0) is 37.1 Å². The molecule has 33 heavy (non-hydrogen) atoms. The van der Waals surface area contributed by atoms with Crippen molar-refractivity contribution < 1.29 is 34.1 Å². The van der Waals surface area contributed by atoms with Gasteiger partial charge in [0.2, 0.25) is 0 Å². The van der Waals surface area contributed by atoms with Crippen LogP contribution >= 0.6 is 0 Å². The van der Waals surface area contributed by atoms with Gasteiger partial charge in [0.1, 0.15) is 17.1 Å². The second-order valence-corrected chi connectivity index (χ2v) is 7.37. The van der Waals surface area contributed by atoms with Crippen LogP contribution in [0.1, 0.15) is 22.3 Å². The topological polar surface area (TPSA) is 117 Å². The molecule has 178 valence electrons. The normalized spacial score (nSPS) is 13.5. The Balaban J connectivity index is 0.000000569. The van der Waals surface area contributed by atoms with E-state index in [0.29, 0.717) is 17.1 Å². The molecule has 1 saturated heterocycles. The highest BCUT2D eigenvalue weighted by Gasteiger charge is 2.26. The molecule has 1 aliphatic heterocycles. The number of ether oxygens (including phenoxy) is 2. The molecule has 0 aliphatic carbocycles. The first kappa shape index (κ1) is 25.7. The average Bonchev–Trinajstić information content (AvgIpc) is 2.84. The van der Waals surface area contributed by atoms with Gasteiger partial charge < -0.3 is 24.6 Å². The maximum atomic E-state index is 13.0. The zero-order chi connectivity index (χ0) is 24.2. The van der Waals surface area contributed by atoms with E-state index in [1.54, 1.807) is 26.4 Å². The fourth-order valence-electron chi connectivity index (χ4n) is 3.55. The van der Waals surface area contributed by atoms with E-state index >= 15 is 0 Å². The molecule has 0 bridgehead atoms. The van der Waals surface area contributed by atoms with Gasteiger partial charge in [0.05, 0.1) is 14.2 Å². The molecule has 0 spiro atoms. The summed E-state index contributed by atoms with van der Waals surface area (Å²) < 4.78 is 10.8. The number of aryl methyl sites for hydroxylation is 1. The first-order chi connectivity index (χ1) is 15.9. The van der Waals surface area contributed by atoms with Gasteiger partial charge in [-0.2, -0.15) is 0 Å². The van der Waals surface area contributed by atoms with Crippen molar-refractivity contribution in [2.24, 2.45) is 0 Å². The third-order valence-corrected chi connectivity index (χ3v) is 5.27. The number of carbonyl (C=O) groups excluding carboxylic acids is 1. The highest BCUT2D eigenvalue weighted by atomic mass is 16.5. The average molecular weight is 459 g/mol. The number of aliphatic carboxylic acids is 2. The Morgan fingerprint density at radius 3 is 1.85 bits per heavy atom. The summed E-state index contributed by atoms with van der Waals surface area (Å²) in [6, 6.07) is 16.0. The van der Waals surface area contributed by atoms with Crippen molar-refractivity contribution in [3.05, 3.63) is 59.7 Å². The molecule has 1 aliphatic rings. The van der Waals surface area contributed by atoms with Crippen LogP contribution in [-0.2, 0) is 16.0 Å². The molecule has 1 heterocycles. The minimum absolute atomic E-state index is 0.0202. The van der Waals surface area contributed by atoms with Gasteiger partial charge in [-0.3, -0.25) is 9.69 Å². The summed E-state index contributed by atoms with van der Waals surface area (Å²) in [5.41, 5.74) is 1.90. The number of carboxylic acid groups (broad SMARTS) is 2. The zero-order valence-corrected chi connectivity index (χ0v) is 18.9. The molecular weight excluding hydrogens is 428 g/mol. The summed E-state index contributed by atoms with van der Waals surface area (Å²) in [5.74, 6) is -2.55. The summed E-state index contributed by atoms with van der Waals surface area (Å²) in [4.78, 5) is 35.5. The molecule has 2 aromatic rings. The van der Waals surface area contributed by atoms with E-state index in [9.17, 15) is 4.79 Å². The molecule has 9 nitrogen and oxygen atoms in total. The minimum atomic E-state index is -1.82. The van der Waals surface area contributed by atoms with E-state index in [2.05, 4.69) is 35.2 Å². The van der Waals surface area contributed by atoms with Crippen molar-refractivity contribution in [1.82, 2.24) is 9.80 Å². The maximum absolute atomic E-state index is 13.0. The molecule has 2 N–H and O–H groups in total. The van der Waals surface area contributed by atoms with Crippen LogP contribution in [0.3, 0.4) is 0 Å². The fraction of sp³-hybridized carbons (Fsp3) is 0.375. The number of benzene rings is 2. The van der Waals surface area contributed by atoms with Gasteiger partial charge in [0.25, 0.3) is 5.91 Å². The number of amides is 1. The lowest BCUT2D eigenvalue weighted by molar-refractivity contribution is -0.159. The van der Waals surface area contributed by atoms with E-state index in [4.69, 9.17) is 29.3 Å². The number of hydrogen-bond acceptors (Lipinski definition) is 6. The molecule has 0 unspecified atom stereocenters. The van der Waals surface area contributed by atoms with Gasteiger partial charge in [-0.15, -0.1) is 0 Å². The van der Waals surface area contributed by atoms with Crippen LogP contribution in [0.5, 0.6) is 11.5 Å². The van der Waals surface area contributed by atoms with Gasteiger partial charge in [0, 0.05) is 26.2 Å². The number of carboxylic acids is 2. The van der Waals surface area contributed by atoms with Crippen molar-refractivity contribution in [1.29, 1.82) is 0 Å². The van der Waals surface area contributed by atoms with Crippen LogP contribution in [-0.4, -0.2) is 84.8 Å². The number of nitrogens with zero attached hydrogens (tertiary/aromatic N) is 2. The molecule has 1 fully saturated rings. The fourth-order valence-corrected chi connectivity index (χ4v) is 3.55. The largest absolute Gasteiger partial charge is 0.496 e. The maximum Gasteiger partial charge on any atom is 0.414 e. The Kier molecular flexibility index (Phi) is 10.2. The standard InChI is InChI=1S/C22H28N2O3.C2H2O4/c1-26-19-11-6-12-20(27-2)21(19)22(25)24-16-14-23(15-17-24)13-7-10-18-8-4-3-5-9-18;3-1(4)2(5)6/h3-6,8-9,11-12H,7,10,13-17H2,1-2H3;(H,3,4)(H,5,6). The van der Waals surface area contributed by atoms with Gasteiger partial charge in [-0.1, -0.05) is 36.4 Å². The van der Waals surface area contributed by atoms with E-state index in [1.165, 1.54) is 5.56 Å². The third-order valence-electron chi connectivity index (χ3n) is 5.27. The van der Waals surface area contributed by atoms with Crippen LogP contribution in [0.15, 0.2) is 48.5 Å². The van der Waals surface area contributed by atoms with Crippen molar-refractivity contribution in [2.45, 2.75) is 12.8 Å². The van der Waals surface area contributed by atoms with Gasteiger partial charge in [0.15, 0.2) is 0 Å². The van der Waals surface area contributed by atoms with E-state index < -0.39 is 11.9 Å². The summed E-state index contributed by atoms with van der Waals surface area (Å²) >= 11 is 0. The lowest BCUT2D eigenvalue weighted by atomic mass is 10.1. The molecule has 9 heteroatoms. The monoisotopic (exact) mass is 458 g/mol. The summed E-state index contributed by atoms with van der Waals surface area (Å²) in [7, 11) is 3.16. The number of hydrogen-bond donors (Lipinski definition) is 2. The number of carbonyl (C=O) groups is 3. The first-order valence-corrected chi connectivity index (χ1v) is 10.6. The van der Waals surface area contributed by atoms with Crippen LogP contribution in [0.25, 0.3) is 0 Å². The number of methoxy groups -OCH3 is 2. The highest BCUT2D eigenvalue weighted by Crippen LogP contribution is 2.29. The Labute approximate surface area is 193 Å². The predicted octanol–water partition coefficient (Wildman–Crippen LogP) is 2.25. The van der Waals surface area contributed by atoms with E-state index in [-0.39, 0.29) is 5.91 Å². The second-order valence-electron chi connectivity index (χ2n) is 7.37. The van der Waals surface area contributed by atoms with Crippen molar-refractivity contribution in [3.8, 4) is 11.5 Å². The lowest BCUT2D eigenvalue weighted by Crippen LogP contribution is -2.49. The lowest BCUT2D eigenvalue weighted by Gasteiger charge is -2.35.